The van der Waals surface area contributed by atoms with E-state index >= 15 is 0 Å². The quantitative estimate of drug-likeness (QED) is 0.458. The van der Waals surface area contributed by atoms with Crippen LogP contribution in [-0.2, 0) is 19.4 Å². The highest BCUT2D eigenvalue weighted by molar-refractivity contribution is 8.00. The number of nitrogens with zero attached hydrogens (tertiary/aromatic N) is 2. The lowest BCUT2D eigenvalue weighted by Gasteiger charge is -2.25. The van der Waals surface area contributed by atoms with Crippen molar-refractivity contribution >= 4 is 34.4 Å². The lowest BCUT2D eigenvalue weighted by Crippen LogP contribution is -2.48. The van der Waals surface area contributed by atoms with E-state index in [-0.39, 0.29) is 5.91 Å². The summed E-state index contributed by atoms with van der Waals surface area (Å²) in [5, 5.41) is 18.0. The molecule has 7 heteroatoms. The van der Waals surface area contributed by atoms with E-state index in [0.29, 0.717) is 18.5 Å². The second-order valence-corrected chi connectivity index (χ2v) is 9.53. The fourth-order valence-corrected chi connectivity index (χ4v) is 5.25. The van der Waals surface area contributed by atoms with Crippen molar-refractivity contribution in [3.63, 3.8) is 0 Å². The number of nitrogens with one attached hydrogen (secondary N) is 2. The number of aliphatic hydroxyl groups excluding tert-OH is 1. The van der Waals surface area contributed by atoms with Gasteiger partial charge in [-0.3, -0.25) is 4.79 Å². The first-order chi connectivity index (χ1) is 15.5. The minimum atomic E-state index is -0.694. The third kappa shape index (κ3) is 4.65. The van der Waals surface area contributed by atoms with Gasteiger partial charge in [-0.25, -0.2) is 0 Å². The van der Waals surface area contributed by atoms with Gasteiger partial charge in [-0.15, -0.1) is 0 Å². The molecule has 6 nitrogen and oxygen atoms in total. The maximum absolute atomic E-state index is 13.4. The van der Waals surface area contributed by atoms with Gasteiger partial charge in [-0.2, -0.15) is 0 Å². The molecule has 0 unspecified atom stereocenters. The zero-order chi connectivity index (χ0) is 22.7. The Morgan fingerprint density at radius 2 is 2.03 bits per heavy atom. The molecule has 3 aromatic rings. The summed E-state index contributed by atoms with van der Waals surface area (Å²) < 4.78 is 4.48. The molecule has 2 atom stereocenters. The van der Waals surface area contributed by atoms with Gasteiger partial charge in [0.05, 0.1) is 23.3 Å². The number of aromatic nitrogens is 1. The maximum atomic E-state index is 13.4. The third-order valence-electron chi connectivity index (χ3n) is 6.13. The zero-order valence-corrected chi connectivity index (χ0v) is 19.8. The standard InChI is InChI=1S/C25H32N4O2S/c1-4-18-16-29-10-11-32-28(3)22-14-19(13-20(18)24(22)29)25(31)27-21(23(30)15-26-2)12-17-8-6-5-7-9-17/h5-9,13-14,16,21,23,26,30H,4,10-12,15H2,1-3H3,(H,27,31)/t21-,23+/m0/s1. The number of hydrogen-bond donors (Lipinski definition) is 3. The molecule has 4 rings (SSSR count). The first-order valence-corrected chi connectivity index (χ1v) is 12.2. The van der Waals surface area contributed by atoms with Crippen molar-refractivity contribution in [2.75, 3.05) is 30.7 Å². The molecule has 32 heavy (non-hydrogen) atoms. The summed E-state index contributed by atoms with van der Waals surface area (Å²) in [6.45, 7) is 3.52. The highest BCUT2D eigenvalue weighted by atomic mass is 32.2. The molecule has 0 saturated heterocycles. The van der Waals surface area contributed by atoms with Crippen LogP contribution in [0.25, 0.3) is 10.9 Å². The number of carbonyl (C=O) groups is 1. The number of carbonyl (C=O) groups excluding carboxylic acids is 1. The smallest absolute Gasteiger partial charge is 0.251 e. The Balaban J connectivity index is 1.67. The van der Waals surface area contributed by atoms with Crippen LogP contribution < -0.4 is 14.9 Å². The maximum Gasteiger partial charge on any atom is 0.251 e. The van der Waals surface area contributed by atoms with Crippen LogP contribution in [0.4, 0.5) is 5.69 Å². The van der Waals surface area contributed by atoms with Crippen molar-refractivity contribution < 1.29 is 9.90 Å². The molecular weight excluding hydrogens is 420 g/mol. The van der Waals surface area contributed by atoms with Gasteiger partial charge in [0.25, 0.3) is 5.91 Å². The number of aliphatic hydroxyl groups is 1. The number of anilines is 1. The lowest BCUT2D eigenvalue weighted by atomic mass is 10.00. The highest BCUT2D eigenvalue weighted by Gasteiger charge is 2.25. The van der Waals surface area contributed by atoms with Gasteiger partial charge in [0.2, 0.25) is 0 Å². The summed E-state index contributed by atoms with van der Waals surface area (Å²) in [7, 11) is 3.86. The Bertz CT molecular complexity index is 1080. The Labute approximate surface area is 194 Å². The fraction of sp³-hybridized carbons (Fsp3) is 0.400. The molecule has 0 aliphatic carbocycles. The molecule has 170 valence electrons. The average Bonchev–Trinajstić information content (AvgIpc) is 3.07. The summed E-state index contributed by atoms with van der Waals surface area (Å²) >= 11 is 1.77. The van der Waals surface area contributed by atoms with Gasteiger partial charge in [0.15, 0.2) is 0 Å². The summed E-state index contributed by atoms with van der Waals surface area (Å²) in [6.07, 6.45) is 3.02. The third-order valence-corrected chi connectivity index (χ3v) is 7.08. The normalized spacial score (nSPS) is 15.4. The molecule has 1 amide bonds. The van der Waals surface area contributed by atoms with Crippen LogP contribution in [0, 0.1) is 0 Å². The van der Waals surface area contributed by atoms with Crippen molar-refractivity contribution in [2.24, 2.45) is 0 Å². The van der Waals surface area contributed by atoms with Crippen molar-refractivity contribution in [2.45, 2.75) is 38.5 Å². The monoisotopic (exact) mass is 452 g/mol. The van der Waals surface area contributed by atoms with Crippen LogP contribution in [0.5, 0.6) is 0 Å². The Hall–Kier alpha value is -2.48. The van der Waals surface area contributed by atoms with Gasteiger partial charge in [0.1, 0.15) is 0 Å². The van der Waals surface area contributed by atoms with Gasteiger partial charge in [-0.1, -0.05) is 37.3 Å². The topological polar surface area (TPSA) is 69.5 Å². The van der Waals surface area contributed by atoms with Crippen LogP contribution in [0.3, 0.4) is 0 Å². The SMILES string of the molecule is CCc1cn2c3c(cc(C(=O)N[C@@H](Cc4ccccc4)[C@H](O)CNC)cc13)N(C)SCC2. The van der Waals surface area contributed by atoms with Crippen molar-refractivity contribution in [3.8, 4) is 0 Å². The highest BCUT2D eigenvalue weighted by Crippen LogP contribution is 2.37. The molecule has 3 N–H and O–H groups in total. The second-order valence-electron chi connectivity index (χ2n) is 8.32. The van der Waals surface area contributed by atoms with Crippen LogP contribution in [0.1, 0.15) is 28.4 Å². The summed E-state index contributed by atoms with van der Waals surface area (Å²) in [5.74, 6) is 0.839. The Kier molecular flexibility index (Phi) is 7.08. The molecule has 0 fully saturated rings. The van der Waals surface area contributed by atoms with Crippen molar-refractivity contribution in [1.82, 2.24) is 15.2 Å². The molecule has 1 aliphatic rings. The van der Waals surface area contributed by atoms with E-state index in [0.717, 1.165) is 35.4 Å². The fourth-order valence-electron chi connectivity index (χ4n) is 4.42. The number of rotatable bonds is 8. The molecule has 0 saturated carbocycles. The number of aryl methyl sites for hydroxylation is 2. The van der Waals surface area contributed by atoms with E-state index in [1.54, 1.807) is 19.0 Å². The van der Waals surface area contributed by atoms with Crippen LogP contribution >= 0.6 is 11.9 Å². The van der Waals surface area contributed by atoms with Crippen LogP contribution in [0.15, 0.2) is 48.7 Å². The largest absolute Gasteiger partial charge is 0.390 e. The number of hydrogen-bond acceptors (Lipinski definition) is 5. The average molecular weight is 453 g/mol. The zero-order valence-electron chi connectivity index (χ0n) is 19.0. The van der Waals surface area contributed by atoms with E-state index in [9.17, 15) is 9.90 Å². The predicted molar refractivity (Wildman–Crippen MR) is 134 cm³/mol. The lowest BCUT2D eigenvalue weighted by molar-refractivity contribution is 0.0834. The van der Waals surface area contributed by atoms with Crippen LogP contribution in [0.2, 0.25) is 0 Å². The molecular formula is C25H32N4O2S. The first-order valence-electron chi connectivity index (χ1n) is 11.2. The number of benzene rings is 2. The van der Waals surface area contributed by atoms with E-state index < -0.39 is 12.1 Å². The molecule has 1 aliphatic heterocycles. The first kappa shape index (κ1) is 22.7. The van der Waals surface area contributed by atoms with E-state index in [4.69, 9.17) is 0 Å². The van der Waals surface area contributed by atoms with Gasteiger partial charge >= 0.3 is 0 Å². The molecule has 1 aromatic heterocycles. The van der Waals surface area contributed by atoms with Gasteiger partial charge in [-0.05, 0) is 55.1 Å². The van der Waals surface area contributed by atoms with Crippen molar-refractivity contribution in [1.29, 1.82) is 0 Å². The van der Waals surface area contributed by atoms with Crippen molar-refractivity contribution in [3.05, 3.63) is 65.4 Å². The molecule has 2 heterocycles. The molecule has 0 bridgehead atoms. The molecule has 0 spiro atoms. The Morgan fingerprint density at radius 3 is 2.75 bits per heavy atom. The summed E-state index contributed by atoms with van der Waals surface area (Å²) in [6, 6.07) is 13.6. The minimum absolute atomic E-state index is 0.156. The van der Waals surface area contributed by atoms with Gasteiger partial charge in [0, 0.05) is 43.0 Å². The van der Waals surface area contributed by atoms with E-state index in [1.165, 1.54) is 11.1 Å². The van der Waals surface area contributed by atoms with Gasteiger partial charge < -0.3 is 24.6 Å². The van der Waals surface area contributed by atoms with E-state index in [1.807, 2.05) is 42.5 Å². The minimum Gasteiger partial charge on any atom is -0.390 e. The number of amides is 1. The summed E-state index contributed by atoms with van der Waals surface area (Å²) in [5.41, 5.74) is 5.22. The second kappa shape index (κ2) is 9.98. The number of likely N-dealkylation sites (N-methyl/N-ethyl adjacent to an activating group) is 1. The summed E-state index contributed by atoms with van der Waals surface area (Å²) in [4.78, 5) is 13.4. The molecule has 0 radical (unpaired) electrons. The van der Waals surface area contributed by atoms with E-state index in [2.05, 4.69) is 39.7 Å². The predicted octanol–water partition coefficient (Wildman–Crippen LogP) is 3.22. The molecule has 2 aromatic carbocycles. The van der Waals surface area contributed by atoms with Crippen LogP contribution in [-0.4, -0.2) is 54.1 Å². The Morgan fingerprint density at radius 1 is 1.25 bits per heavy atom.